The molecule has 0 unspecified atom stereocenters. The average Bonchev–Trinajstić information content (AvgIpc) is 3.20. The largest absolute Gasteiger partial charge is 0.493 e. The summed E-state index contributed by atoms with van der Waals surface area (Å²) in [6, 6.07) is 7.62. The molecule has 0 aliphatic carbocycles. The SMILES string of the molecule is COc1ccc(C(=O)N(C)Cc2ccon2)cc1OC1CCN(C(C)C)CC1. The van der Waals surface area contributed by atoms with Gasteiger partial charge in [-0.05, 0) is 44.9 Å². The Labute approximate surface area is 166 Å². The Balaban J connectivity index is 1.68. The van der Waals surface area contributed by atoms with Crippen molar-refractivity contribution in [3.05, 3.63) is 41.8 Å². The highest BCUT2D eigenvalue weighted by atomic mass is 16.5. The smallest absolute Gasteiger partial charge is 0.254 e. The van der Waals surface area contributed by atoms with Crippen molar-refractivity contribution >= 4 is 5.91 Å². The van der Waals surface area contributed by atoms with E-state index in [4.69, 9.17) is 14.0 Å². The van der Waals surface area contributed by atoms with E-state index in [2.05, 4.69) is 23.9 Å². The number of aromatic nitrogens is 1. The molecule has 1 aliphatic rings. The molecule has 0 atom stereocenters. The van der Waals surface area contributed by atoms with Gasteiger partial charge in [0.2, 0.25) is 0 Å². The van der Waals surface area contributed by atoms with Crippen LogP contribution in [0.15, 0.2) is 35.1 Å². The van der Waals surface area contributed by atoms with Gasteiger partial charge in [-0.3, -0.25) is 4.79 Å². The van der Waals surface area contributed by atoms with Gasteiger partial charge in [-0.2, -0.15) is 0 Å². The van der Waals surface area contributed by atoms with Crippen molar-refractivity contribution in [1.29, 1.82) is 0 Å². The number of ether oxygens (including phenoxy) is 2. The summed E-state index contributed by atoms with van der Waals surface area (Å²) in [6.07, 6.45) is 3.55. The Morgan fingerprint density at radius 2 is 2.04 bits per heavy atom. The van der Waals surface area contributed by atoms with Gasteiger partial charge in [0.25, 0.3) is 5.91 Å². The van der Waals surface area contributed by atoms with Crippen molar-refractivity contribution in [2.24, 2.45) is 0 Å². The molecule has 1 saturated heterocycles. The van der Waals surface area contributed by atoms with Crippen molar-refractivity contribution in [1.82, 2.24) is 15.0 Å². The van der Waals surface area contributed by atoms with Gasteiger partial charge in [-0.1, -0.05) is 5.16 Å². The van der Waals surface area contributed by atoms with Gasteiger partial charge >= 0.3 is 0 Å². The summed E-state index contributed by atoms with van der Waals surface area (Å²) >= 11 is 0. The molecular formula is C21H29N3O4. The number of hydrogen-bond donors (Lipinski definition) is 0. The molecule has 1 aromatic carbocycles. The van der Waals surface area contributed by atoms with Crippen LogP contribution in [0.1, 0.15) is 42.7 Å². The third kappa shape index (κ3) is 4.84. The van der Waals surface area contributed by atoms with Crippen LogP contribution in [0.5, 0.6) is 11.5 Å². The second kappa shape index (κ2) is 9.10. The third-order valence-electron chi connectivity index (χ3n) is 5.15. The minimum Gasteiger partial charge on any atom is -0.493 e. The maximum absolute atomic E-state index is 12.8. The molecule has 0 saturated carbocycles. The quantitative estimate of drug-likeness (QED) is 0.727. The van der Waals surface area contributed by atoms with E-state index in [-0.39, 0.29) is 12.0 Å². The second-order valence-electron chi connectivity index (χ2n) is 7.46. The van der Waals surface area contributed by atoms with Crippen LogP contribution < -0.4 is 9.47 Å². The molecule has 152 valence electrons. The fraction of sp³-hybridized carbons (Fsp3) is 0.524. The number of piperidine rings is 1. The number of carbonyl (C=O) groups is 1. The van der Waals surface area contributed by atoms with Crippen LogP contribution in [0.4, 0.5) is 0 Å². The lowest BCUT2D eigenvalue weighted by molar-refractivity contribution is 0.0770. The lowest BCUT2D eigenvalue weighted by Gasteiger charge is -2.34. The molecule has 7 nitrogen and oxygen atoms in total. The highest BCUT2D eigenvalue weighted by Gasteiger charge is 2.24. The van der Waals surface area contributed by atoms with Crippen molar-refractivity contribution in [2.45, 2.75) is 45.4 Å². The van der Waals surface area contributed by atoms with E-state index in [0.29, 0.717) is 35.3 Å². The molecule has 0 radical (unpaired) electrons. The molecule has 2 heterocycles. The van der Waals surface area contributed by atoms with E-state index in [9.17, 15) is 4.79 Å². The minimum atomic E-state index is -0.106. The molecule has 3 rings (SSSR count). The zero-order valence-electron chi connectivity index (χ0n) is 17.1. The maximum atomic E-state index is 12.8. The minimum absolute atomic E-state index is 0.106. The molecule has 0 spiro atoms. The number of hydrogen-bond acceptors (Lipinski definition) is 6. The summed E-state index contributed by atoms with van der Waals surface area (Å²) < 4.78 is 16.5. The van der Waals surface area contributed by atoms with Gasteiger partial charge in [0, 0.05) is 37.8 Å². The molecule has 0 bridgehead atoms. The Hall–Kier alpha value is -2.54. The van der Waals surface area contributed by atoms with Crippen molar-refractivity contribution in [3.8, 4) is 11.5 Å². The Morgan fingerprint density at radius 3 is 2.64 bits per heavy atom. The summed E-state index contributed by atoms with van der Waals surface area (Å²) in [7, 11) is 3.35. The highest BCUT2D eigenvalue weighted by Crippen LogP contribution is 2.31. The zero-order chi connectivity index (χ0) is 20.1. The van der Waals surface area contributed by atoms with E-state index in [1.54, 1.807) is 43.3 Å². The van der Waals surface area contributed by atoms with Crippen LogP contribution in [0.3, 0.4) is 0 Å². The normalized spacial score (nSPS) is 15.6. The number of carbonyl (C=O) groups excluding carboxylic acids is 1. The first-order valence-electron chi connectivity index (χ1n) is 9.71. The van der Waals surface area contributed by atoms with Gasteiger partial charge < -0.3 is 23.8 Å². The number of amides is 1. The van der Waals surface area contributed by atoms with Crippen LogP contribution in [0.25, 0.3) is 0 Å². The van der Waals surface area contributed by atoms with Crippen molar-refractivity contribution in [2.75, 3.05) is 27.2 Å². The molecule has 2 aromatic rings. The van der Waals surface area contributed by atoms with Gasteiger partial charge in [-0.15, -0.1) is 0 Å². The average molecular weight is 387 g/mol. The van der Waals surface area contributed by atoms with Crippen LogP contribution in [0.2, 0.25) is 0 Å². The second-order valence-corrected chi connectivity index (χ2v) is 7.46. The fourth-order valence-corrected chi connectivity index (χ4v) is 3.45. The Bertz CT molecular complexity index is 768. The third-order valence-corrected chi connectivity index (χ3v) is 5.15. The first-order valence-corrected chi connectivity index (χ1v) is 9.71. The van der Waals surface area contributed by atoms with Crippen molar-refractivity contribution in [3.63, 3.8) is 0 Å². The predicted molar refractivity (Wildman–Crippen MR) is 106 cm³/mol. The predicted octanol–water partition coefficient (Wildman–Crippen LogP) is 3.21. The molecule has 28 heavy (non-hydrogen) atoms. The highest BCUT2D eigenvalue weighted by molar-refractivity contribution is 5.94. The van der Waals surface area contributed by atoms with E-state index >= 15 is 0 Å². The molecule has 7 heteroatoms. The molecule has 1 amide bonds. The van der Waals surface area contributed by atoms with Crippen LogP contribution in [-0.2, 0) is 6.54 Å². The summed E-state index contributed by atoms with van der Waals surface area (Å²) in [6.45, 7) is 6.85. The number of methoxy groups -OCH3 is 1. The number of nitrogens with zero attached hydrogens (tertiary/aromatic N) is 3. The lowest BCUT2D eigenvalue weighted by atomic mass is 10.1. The van der Waals surface area contributed by atoms with Gasteiger partial charge in [0.1, 0.15) is 18.1 Å². The van der Waals surface area contributed by atoms with E-state index in [1.807, 2.05) is 0 Å². The topological polar surface area (TPSA) is 68.0 Å². The zero-order valence-corrected chi connectivity index (χ0v) is 17.1. The monoisotopic (exact) mass is 387 g/mol. The van der Waals surface area contributed by atoms with Crippen LogP contribution in [0, 0.1) is 0 Å². The molecular weight excluding hydrogens is 358 g/mol. The summed E-state index contributed by atoms with van der Waals surface area (Å²) in [5.41, 5.74) is 1.26. The summed E-state index contributed by atoms with van der Waals surface area (Å²) in [4.78, 5) is 16.9. The molecule has 1 aliphatic heterocycles. The number of benzene rings is 1. The Morgan fingerprint density at radius 1 is 1.29 bits per heavy atom. The van der Waals surface area contributed by atoms with Crippen LogP contribution in [-0.4, -0.2) is 60.3 Å². The molecule has 1 fully saturated rings. The van der Waals surface area contributed by atoms with Crippen LogP contribution >= 0.6 is 0 Å². The molecule has 1 aromatic heterocycles. The first-order chi connectivity index (χ1) is 13.5. The maximum Gasteiger partial charge on any atom is 0.254 e. The number of likely N-dealkylation sites (tertiary alicyclic amines) is 1. The van der Waals surface area contributed by atoms with Gasteiger partial charge in [0.15, 0.2) is 11.5 Å². The van der Waals surface area contributed by atoms with Crippen molar-refractivity contribution < 1.29 is 18.8 Å². The first kappa shape index (κ1) is 20.2. The Kier molecular flexibility index (Phi) is 6.57. The summed E-state index contributed by atoms with van der Waals surface area (Å²) in [5, 5.41) is 3.86. The molecule has 0 N–H and O–H groups in total. The lowest BCUT2D eigenvalue weighted by Crippen LogP contribution is -2.41. The van der Waals surface area contributed by atoms with Gasteiger partial charge in [0.05, 0.1) is 13.7 Å². The van der Waals surface area contributed by atoms with E-state index in [1.165, 1.54) is 6.26 Å². The fourth-order valence-electron chi connectivity index (χ4n) is 3.45. The number of rotatable bonds is 7. The van der Waals surface area contributed by atoms with E-state index < -0.39 is 0 Å². The van der Waals surface area contributed by atoms with E-state index in [0.717, 1.165) is 25.9 Å². The standard InChI is InChI=1S/C21H29N3O4/c1-15(2)24-10-7-18(8-11-24)28-20-13-16(5-6-19(20)26-4)21(25)23(3)14-17-9-12-27-22-17/h5-6,9,12-13,15,18H,7-8,10-11,14H2,1-4H3. The van der Waals surface area contributed by atoms with Gasteiger partial charge in [-0.25, -0.2) is 0 Å². The summed E-state index contributed by atoms with van der Waals surface area (Å²) in [5.74, 6) is 1.15.